The molecule has 0 unspecified atom stereocenters. The van der Waals surface area contributed by atoms with Gasteiger partial charge in [-0.25, -0.2) is 0 Å². The number of esters is 3. The first-order chi connectivity index (χ1) is 30.5. The van der Waals surface area contributed by atoms with Crippen LogP contribution in [0.1, 0.15) is 271 Å². The monoisotopic (exact) mass is 869 g/mol. The van der Waals surface area contributed by atoms with Crippen LogP contribution in [0, 0.1) is 0 Å². The number of rotatable bonds is 48. The fourth-order valence-corrected chi connectivity index (χ4v) is 7.54. The largest absolute Gasteiger partial charge is 0.462 e. The SMILES string of the molecule is CCCCC/C=C\C/C=C\C/C=C\C/C=C\CCCCCC(=O)OC[C@@H](COC(=O)CCCCCCCCCCC)OC(=O)CCCCCCCCCCCCCCCCCC. The van der Waals surface area contributed by atoms with Crippen molar-refractivity contribution in [1.29, 1.82) is 0 Å². The number of hydrogen-bond donors (Lipinski definition) is 0. The second-order valence-electron chi connectivity index (χ2n) is 17.8. The van der Waals surface area contributed by atoms with Crippen LogP contribution in [0.4, 0.5) is 0 Å². The van der Waals surface area contributed by atoms with Crippen LogP contribution in [0.15, 0.2) is 48.6 Å². The Hall–Kier alpha value is -2.63. The van der Waals surface area contributed by atoms with Gasteiger partial charge in [0.2, 0.25) is 0 Å². The number of ether oxygens (including phenoxy) is 3. The van der Waals surface area contributed by atoms with Crippen LogP contribution in [-0.2, 0) is 28.6 Å². The van der Waals surface area contributed by atoms with Crippen molar-refractivity contribution in [2.45, 2.75) is 277 Å². The van der Waals surface area contributed by atoms with E-state index in [1.54, 1.807) is 0 Å². The van der Waals surface area contributed by atoms with Gasteiger partial charge in [0.15, 0.2) is 6.10 Å². The first kappa shape index (κ1) is 59.4. The predicted molar refractivity (Wildman–Crippen MR) is 265 cm³/mol. The van der Waals surface area contributed by atoms with Crippen molar-refractivity contribution < 1.29 is 28.6 Å². The van der Waals surface area contributed by atoms with Gasteiger partial charge in [0.1, 0.15) is 13.2 Å². The molecule has 0 aliphatic heterocycles. The molecule has 0 heterocycles. The molecule has 0 radical (unpaired) electrons. The first-order valence-electron chi connectivity index (χ1n) is 26.6. The van der Waals surface area contributed by atoms with Crippen LogP contribution < -0.4 is 0 Å². The van der Waals surface area contributed by atoms with E-state index in [-0.39, 0.29) is 31.1 Å². The van der Waals surface area contributed by atoms with Crippen molar-refractivity contribution in [1.82, 2.24) is 0 Å². The van der Waals surface area contributed by atoms with Crippen molar-refractivity contribution >= 4 is 17.9 Å². The normalized spacial score (nSPS) is 12.4. The van der Waals surface area contributed by atoms with E-state index in [1.165, 1.54) is 148 Å². The van der Waals surface area contributed by atoms with Gasteiger partial charge < -0.3 is 14.2 Å². The molecule has 0 bridgehead atoms. The lowest BCUT2D eigenvalue weighted by molar-refractivity contribution is -0.167. The topological polar surface area (TPSA) is 78.9 Å². The summed E-state index contributed by atoms with van der Waals surface area (Å²) >= 11 is 0. The van der Waals surface area contributed by atoms with Gasteiger partial charge in [-0.2, -0.15) is 0 Å². The van der Waals surface area contributed by atoms with Crippen molar-refractivity contribution in [3.05, 3.63) is 48.6 Å². The Morgan fingerprint density at radius 2 is 0.581 bits per heavy atom. The van der Waals surface area contributed by atoms with Crippen molar-refractivity contribution in [2.75, 3.05) is 13.2 Å². The van der Waals surface area contributed by atoms with Crippen LogP contribution in [0.2, 0.25) is 0 Å². The number of unbranched alkanes of at least 4 members (excludes halogenated alkanes) is 29. The molecule has 62 heavy (non-hydrogen) atoms. The fraction of sp³-hybridized carbons (Fsp3) is 0.804. The third kappa shape index (κ3) is 48.4. The van der Waals surface area contributed by atoms with Crippen LogP contribution in [0.3, 0.4) is 0 Å². The molecule has 0 amide bonds. The molecular formula is C56H100O6. The number of hydrogen-bond acceptors (Lipinski definition) is 6. The van der Waals surface area contributed by atoms with Gasteiger partial charge in [0.05, 0.1) is 0 Å². The Balaban J connectivity index is 4.35. The molecule has 360 valence electrons. The standard InChI is InChI=1S/C56H100O6/c1-4-7-10-13-16-19-21-23-25-27-28-29-31-32-34-37-40-43-46-49-55(58)61-52-53(51-60-54(57)48-45-42-39-36-18-15-12-9-6-3)62-56(59)50-47-44-41-38-35-33-30-26-24-22-20-17-14-11-8-5-2/h16,19,23,25,28-29,32,34,53H,4-15,17-18,20-22,24,26-27,30-31,33,35-52H2,1-3H3/b19-16-,25-23-,29-28-,34-32-/t53-/m1/s1. The van der Waals surface area contributed by atoms with E-state index >= 15 is 0 Å². The summed E-state index contributed by atoms with van der Waals surface area (Å²) in [6, 6.07) is 0. The summed E-state index contributed by atoms with van der Waals surface area (Å²) in [5.74, 6) is -0.904. The summed E-state index contributed by atoms with van der Waals surface area (Å²) in [5.41, 5.74) is 0. The Morgan fingerprint density at radius 1 is 0.323 bits per heavy atom. The highest BCUT2D eigenvalue weighted by molar-refractivity contribution is 5.71. The van der Waals surface area contributed by atoms with E-state index in [0.717, 1.165) is 83.5 Å². The van der Waals surface area contributed by atoms with E-state index in [2.05, 4.69) is 69.4 Å². The minimum Gasteiger partial charge on any atom is -0.462 e. The Labute approximate surface area is 384 Å². The van der Waals surface area contributed by atoms with Gasteiger partial charge in [-0.1, -0.05) is 236 Å². The summed E-state index contributed by atoms with van der Waals surface area (Å²) in [6.45, 7) is 6.58. The molecule has 0 aliphatic carbocycles. The van der Waals surface area contributed by atoms with Gasteiger partial charge >= 0.3 is 17.9 Å². The summed E-state index contributed by atoms with van der Waals surface area (Å²) in [6.07, 6.45) is 61.0. The van der Waals surface area contributed by atoms with Crippen molar-refractivity contribution in [3.63, 3.8) is 0 Å². The molecule has 0 spiro atoms. The van der Waals surface area contributed by atoms with Crippen LogP contribution in [-0.4, -0.2) is 37.2 Å². The molecular weight excluding hydrogens is 769 g/mol. The lowest BCUT2D eigenvalue weighted by Gasteiger charge is -2.18. The Kier molecular flexibility index (Phi) is 48.8. The summed E-state index contributed by atoms with van der Waals surface area (Å²) in [5, 5.41) is 0. The van der Waals surface area contributed by atoms with Crippen molar-refractivity contribution in [2.24, 2.45) is 0 Å². The highest BCUT2D eigenvalue weighted by Gasteiger charge is 2.19. The summed E-state index contributed by atoms with van der Waals surface area (Å²) in [4.78, 5) is 37.9. The molecule has 0 fully saturated rings. The third-order valence-electron chi connectivity index (χ3n) is 11.6. The van der Waals surface area contributed by atoms with Gasteiger partial charge in [-0.3, -0.25) is 14.4 Å². The summed E-state index contributed by atoms with van der Waals surface area (Å²) < 4.78 is 16.8. The molecule has 6 nitrogen and oxygen atoms in total. The zero-order valence-corrected chi connectivity index (χ0v) is 41.1. The quantitative estimate of drug-likeness (QED) is 0.0262. The fourth-order valence-electron chi connectivity index (χ4n) is 7.54. The van der Waals surface area contributed by atoms with E-state index < -0.39 is 6.10 Å². The van der Waals surface area contributed by atoms with E-state index in [9.17, 15) is 14.4 Å². The molecule has 0 saturated carbocycles. The molecule has 0 aliphatic rings. The molecule has 0 aromatic rings. The van der Waals surface area contributed by atoms with Crippen molar-refractivity contribution in [3.8, 4) is 0 Å². The molecule has 0 N–H and O–H groups in total. The van der Waals surface area contributed by atoms with E-state index in [4.69, 9.17) is 14.2 Å². The van der Waals surface area contributed by atoms with Gasteiger partial charge in [-0.15, -0.1) is 0 Å². The van der Waals surface area contributed by atoms with Crippen LogP contribution in [0.5, 0.6) is 0 Å². The number of carbonyl (C=O) groups is 3. The van der Waals surface area contributed by atoms with Gasteiger partial charge in [0.25, 0.3) is 0 Å². The van der Waals surface area contributed by atoms with Crippen LogP contribution in [0.25, 0.3) is 0 Å². The molecule has 0 aromatic heterocycles. The number of allylic oxidation sites excluding steroid dienone is 8. The van der Waals surface area contributed by atoms with E-state index in [0.29, 0.717) is 19.3 Å². The maximum absolute atomic E-state index is 12.8. The molecule has 0 saturated heterocycles. The Morgan fingerprint density at radius 3 is 0.935 bits per heavy atom. The average Bonchev–Trinajstić information content (AvgIpc) is 3.27. The lowest BCUT2D eigenvalue weighted by Crippen LogP contribution is -2.30. The smallest absolute Gasteiger partial charge is 0.306 e. The number of carbonyl (C=O) groups excluding carboxylic acids is 3. The molecule has 6 heteroatoms. The molecule has 0 rings (SSSR count). The summed E-state index contributed by atoms with van der Waals surface area (Å²) in [7, 11) is 0. The maximum atomic E-state index is 12.8. The second kappa shape index (κ2) is 51.0. The average molecular weight is 869 g/mol. The highest BCUT2D eigenvalue weighted by atomic mass is 16.6. The highest BCUT2D eigenvalue weighted by Crippen LogP contribution is 2.16. The second-order valence-corrected chi connectivity index (χ2v) is 17.8. The van der Waals surface area contributed by atoms with E-state index in [1.807, 2.05) is 0 Å². The zero-order chi connectivity index (χ0) is 45.1. The minimum absolute atomic E-state index is 0.0800. The van der Waals surface area contributed by atoms with Gasteiger partial charge in [0, 0.05) is 19.3 Å². The first-order valence-corrected chi connectivity index (χ1v) is 26.6. The molecule has 0 aromatic carbocycles. The van der Waals surface area contributed by atoms with Crippen LogP contribution >= 0.6 is 0 Å². The lowest BCUT2D eigenvalue weighted by atomic mass is 10.0. The molecule has 1 atom stereocenters. The third-order valence-corrected chi connectivity index (χ3v) is 11.6. The zero-order valence-electron chi connectivity index (χ0n) is 41.1. The van der Waals surface area contributed by atoms with Gasteiger partial charge in [-0.05, 0) is 64.2 Å². The Bertz CT molecular complexity index is 1090. The minimum atomic E-state index is -0.781. The predicted octanol–water partition coefficient (Wildman–Crippen LogP) is 17.5. The maximum Gasteiger partial charge on any atom is 0.306 e.